The minimum absolute atomic E-state index is 0.152. The van der Waals surface area contributed by atoms with Gasteiger partial charge in [-0.15, -0.1) is 0 Å². The number of hydrogen-bond acceptors (Lipinski definition) is 3. The molecule has 0 aliphatic carbocycles. The summed E-state index contributed by atoms with van der Waals surface area (Å²) in [5, 5.41) is 2.80. The number of para-hydroxylation sites is 1. The molecule has 0 saturated carbocycles. The van der Waals surface area contributed by atoms with Crippen molar-refractivity contribution in [2.75, 3.05) is 19.8 Å². The van der Waals surface area contributed by atoms with Crippen molar-refractivity contribution in [2.45, 2.75) is 19.4 Å². The van der Waals surface area contributed by atoms with E-state index in [1.54, 1.807) is 12.1 Å². The normalized spacial score (nSPS) is 20.7. The monoisotopic (exact) mass is 261 g/mol. The van der Waals surface area contributed by atoms with Crippen LogP contribution in [0.4, 0.5) is 0 Å². The highest BCUT2D eigenvalue weighted by atomic mass is 16.6. The van der Waals surface area contributed by atoms with E-state index in [2.05, 4.69) is 11.9 Å². The van der Waals surface area contributed by atoms with Gasteiger partial charge in [0.25, 0.3) is 5.91 Å². The molecule has 0 bridgehead atoms. The van der Waals surface area contributed by atoms with Crippen LogP contribution < -0.4 is 10.1 Å². The molecule has 2 rings (SSSR count). The van der Waals surface area contributed by atoms with Crippen molar-refractivity contribution in [3.8, 4) is 5.75 Å². The number of epoxide rings is 1. The van der Waals surface area contributed by atoms with Crippen LogP contribution in [-0.4, -0.2) is 31.3 Å². The Morgan fingerprint density at radius 1 is 1.53 bits per heavy atom. The fourth-order valence-corrected chi connectivity index (χ4v) is 1.54. The topological polar surface area (TPSA) is 50.9 Å². The summed E-state index contributed by atoms with van der Waals surface area (Å²) in [7, 11) is 0. The van der Waals surface area contributed by atoms with Crippen molar-refractivity contribution in [1.29, 1.82) is 0 Å². The molecule has 1 N–H and O–H groups in total. The molecule has 1 aromatic carbocycles. The molecule has 1 aliphatic heterocycles. The van der Waals surface area contributed by atoms with Crippen LogP contribution in [0.2, 0.25) is 0 Å². The summed E-state index contributed by atoms with van der Waals surface area (Å²) in [6.45, 7) is 9.24. The Morgan fingerprint density at radius 3 is 2.84 bits per heavy atom. The molecule has 1 aromatic rings. The predicted octanol–water partition coefficient (Wildman–Crippen LogP) is 2.16. The van der Waals surface area contributed by atoms with E-state index >= 15 is 0 Å². The highest BCUT2D eigenvalue weighted by Crippen LogP contribution is 2.28. The van der Waals surface area contributed by atoms with Gasteiger partial charge in [0.15, 0.2) is 0 Å². The average Bonchev–Trinajstić information content (AvgIpc) is 3.12. The third-order valence-corrected chi connectivity index (χ3v) is 2.85. The van der Waals surface area contributed by atoms with Gasteiger partial charge < -0.3 is 14.8 Å². The van der Waals surface area contributed by atoms with Crippen molar-refractivity contribution < 1.29 is 14.3 Å². The lowest BCUT2D eigenvalue weighted by Gasteiger charge is -2.13. The maximum Gasteiger partial charge on any atom is 0.255 e. The van der Waals surface area contributed by atoms with Crippen molar-refractivity contribution in [3.63, 3.8) is 0 Å². The molecule has 1 amide bonds. The molecule has 19 heavy (non-hydrogen) atoms. The van der Waals surface area contributed by atoms with Gasteiger partial charge >= 0.3 is 0 Å². The molecule has 0 spiro atoms. The fourth-order valence-electron chi connectivity index (χ4n) is 1.54. The van der Waals surface area contributed by atoms with E-state index in [1.165, 1.54) is 0 Å². The quantitative estimate of drug-likeness (QED) is 0.630. The Hall–Kier alpha value is -1.81. The Balaban J connectivity index is 2.02. The summed E-state index contributed by atoms with van der Waals surface area (Å²) in [5.41, 5.74) is 1.25. The van der Waals surface area contributed by atoms with Gasteiger partial charge in [0.05, 0.1) is 12.2 Å². The van der Waals surface area contributed by atoms with Gasteiger partial charge in [-0.3, -0.25) is 4.79 Å². The van der Waals surface area contributed by atoms with E-state index in [1.807, 2.05) is 26.0 Å². The van der Waals surface area contributed by atoms with Gasteiger partial charge in [-0.25, -0.2) is 0 Å². The SMILES string of the molecule is C=C(C)CNC(=O)c1ccccc1OCC1(C)CO1. The molecule has 4 nitrogen and oxygen atoms in total. The standard InChI is InChI=1S/C15H19NO3/c1-11(2)8-16-14(17)12-6-4-5-7-13(12)18-9-15(3)10-19-15/h4-7H,1,8-10H2,2-3H3,(H,16,17). The van der Waals surface area contributed by atoms with Crippen LogP contribution in [0, 0.1) is 0 Å². The van der Waals surface area contributed by atoms with Crippen LogP contribution >= 0.6 is 0 Å². The van der Waals surface area contributed by atoms with E-state index in [4.69, 9.17) is 9.47 Å². The largest absolute Gasteiger partial charge is 0.490 e. The zero-order chi connectivity index (χ0) is 13.9. The van der Waals surface area contributed by atoms with Gasteiger partial charge in [-0.05, 0) is 26.0 Å². The van der Waals surface area contributed by atoms with Crippen LogP contribution in [0.1, 0.15) is 24.2 Å². The Bertz CT molecular complexity index is 492. The van der Waals surface area contributed by atoms with Crippen molar-refractivity contribution in [3.05, 3.63) is 42.0 Å². The minimum Gasteiger partial charge on any atom is -0.490 e. The van der Waals surface area contributed by atoms with Crippen molar-refractivity contribution >= 4 is 5.91 Å². The van der Waals surface area contributed by atoms with E-state index < -0.39 is 0 Å². The first-order valence-electron chi connectivity index (χ1n) is 6.28. The van der Waals surface area contributed by atoms with E-state index in [9.17, 15) is 4.79 Å². The molecule has 1 heterocycles. The van der Waals surface area contributed by atoms with Crippen LogP contribution in [0.3, 0.4) is 0 Å². The average molecular weight is 261 g/mol. The van der Waals surface area contributed by atoms with Gasteiger partial charge in [0.1, 0.15) is 18.0 Å². The lowest BCUT2D eigenvalue weighted by atomic mass is 10.1. The lowest BCUT2D eigenvalue weighted by Crippen LogP contribution is -2.26. The molecule has 1 atom stereocenters. The smallest absolute Gasteiger partial charge is 0.255 e. The third-order valence-electron chi connectivity index (χ3n) is 2.85. The van der Waals surface area contributed by atoms with E-state index in [-0.39, 0.29) is 11.5 Å². The number of carbonyl (C=O) groups excluding carboxylic acids is 1. The summed E-state index contributed by atoms with van der Waals surface area (Å²) in [5.74, 6) is 0.430. The minimum atomic E-state index is -0.193. The number of carbonyl (C=O) groups is 1. The van der Waals surface area contributed by atoms with Crippen LogP contribution in [0.5, 0.6) is 5.75 Å². The number of amides is 1. The first kappa shape index (κ1) is 13.6. The lowest BCUT2D eigenvalue weighted by molar-refractivity contribution is 0.0951. The molecule has 4 heteroatoms. The van der Waals surface area contributed by atoms with Gasteiger partial charge in [-0.2, -0.15) is 0 Å². The first-order valence-corrected chi connectivity index (χ1v) is 6.28. The second kappa shape index (κ2) is 5.45. The summed E-state index contributed by atoms with van der Waals surface area (Å²) in [6.07, 6.45) is 0. The first-order chi connectivity index (χ1) is 9.00. The fraction of sp³-hybridized carbons (Fsp3) is 0.400. The second-order valence-electron chi connectivity index (χ2n) is 5.16. The molecule has 1 saturated heterocycles. The van der Waals surface area contributed by atoms with Crippen molar-refractivity contribution in [1.82, 2.24) is 5.32 Å². The molecular formula is C15H19NO3. The van der Waals surface area contributed by atoms with Crippen LogP contribution in [-0.2, 0) is 4.74 Å². The second-order valence-corrected chi connectivity index (χ2v) is 5.16. The van der Waals surface area contributed by atoms with Crippen LogP contribution in [0.15, 0.2) is 36.4 Å². The summed E-state index contributed by atoms with van der Waals surface area (Å²) < 4.78 is 10.9. The molecular weight excluding hydrogens is 242 g/mol. The zero-order valence-corrected chi connectivity index (χ0v) is 11.4. The summed E-state index contributed by atoms with van der Waals surface area (Å²) >= 11 is 0. The highest BCUT2D eigenvalue weighted by molar-refractivity contribution is 5.97. The Kier molecular flexibility index (Phi) is 3.90. The number of rotatable bonds is 6. The molecule has 1 unspecified atom stereocenters. The predicted molar refractivity (Wildman–Crippen MR) is 73.4 cm³/mol. The summed E-state index contributed by atoms with van der Waals surface area (Å²) in [6, 6.07) is 7.21. The molecule has 0 radical (unpaired) electrons. The van der Waals surface area contributed by atoms with Gasteiger partial charge in [-0.1, -0.05) is 24.3 Å². The Morgan fingerprint density at radius 2 is 2.21 bits per heavy atom. The Labute approximate surface area is 113 Å². The molecule has 1 fully saturated rings. The van der Waals surface area contributed by atoms with E-state index in [0.29, 0.717) is 31.1 Å². The summed E-state index contributed by atoms with van der Waals surface area (Å²) in [4.78, 5) is 12.0. The third kappa shape index (κ3) is 3.83. The molecule has 0 aromatic heterocycles. The molecule has 102 valence electrons. The number of ether oxygens (including phenoxy) is 2. The van der Waals surface area contributed by atoms with Gasteiger partial charge in [0, 0.05) is 6.54 Å². The van der Waals surface area contributed by atoms with Gasteiger partial charge in [0.2, 0.25) is 0 Å². The van der Waals surface area contributed by atoms with E-state index in [0.717, 1.165) is 5.57 Å². The maximum absolute atomic E-state index is 12.0. The van der Waals surface area contributed by atoms with Crippen molar-refractivity contribution in [2.24, 2.45) is 0 Å². The number of hydrogen-bond donors (Lipinski definition) is 1. The number of nitrogens with one attached hydrogen (secondary N) is 1. The number of benzene rings is 1. The van der Waals surface area contributed by atoms with Crippen LogP contribution in [0.25, 0.3) is 0 Å². The highest BCUT2D eigenvalue weighted by Gasteiger charge is 2.40. The zero-order valence-electron chi connectivity index (χ0n) is 11.4. The molecule has 1 aliphatic rings. The maximum atomic E-state index is 12.0.